The molecule has 3 nitrogen and oxygen atoms in total. The highest BCUT2D eigenvalue weighted by atomic mass is 15.2. The lowest BCUT2D eigenvalue weighted by atomic mass is 9.76. The van der Waals surface area contributed by atoms with Gasteiger partial charge in [-0.25, -0.2) is 0 Å². The summed E-state index contributed by atoms with van der Waals surface area (Å²) in [5.74, 6) is 7.27. The quantitative estimate of drug-likeness (QED) is 0.653. The van der Waals surface area contributed by atoms with Crippen LogP contribution < -0.4 is 11.3 Å². The van der Waals surface area contributed by atoms with Crippen molar-refractivity contribution < 1.29 is 0 Å². The molecule has 3 N–H and O–H groups in total. The van der Waals surface area contributed by atoms with E-state index in [0.717, 1.165) is 5.92 Å². The first-order valence-corrected chi connectivity index (χ1v) is 8.28. The standard InChI is InChI=1S/C17H27N3/c18-20-16(12-13-6-2-1-3-7-13)15-10-4-8-14-9-5-11-19-17(14)15/h5,9,11,13,15-16,20H,1-4,6-8,10,12,18H2. The van der Waals surface area contributed by atoms with Gasteiger partial charge in [0.2, 0.25) is 0 Å². The van der Waals surface area contributed by atoms with Gasteiger partial charge in [0.25, 0.3) is 0 Å². The molecule has 3 rings (SSSR count). The van der Waals surface area contributed by atoms with E-state index in [0.29, 0.717) is 12.0 Å². The molecule has 20 heavy (non-hydrogen) atoms. The summed E-state index contributed by atoms with van der Waals surface area (Å²) in [6.45, 7) is 0. The Morgan fingerprint density at radius 3 is 2.85 bits per heavy atom. The lowest BCUT2D eigenvalue weighted by Crippen LogP contribution is -2.42. The zero-order chi connectivity index (χ0) is 13.8. The van der Waals surface area contributed by atoms with Gasteiger partial charge in [-0.1, -0.05) is 38.2 Å². The van der Waals surface area contributed by atoms with Crippen LogP contribution in [0.3, 0.4) is 0 Å². The van der Waals surface area contributed by atoms with Crippen LogP contribution in [0, 0.1) is 5.92 Å². The molecule has 2 atom stereocenters. The third-order valence-electron chi connectivity index (χ3n) is 5.25. The Bertz CT molecular complexity index is 426. The fraction of sp³-hybridized carbons (Fsp3) is 0.706. The van der Waals surface area contributed by atoms with Gasteiger partial charge < -0.3 is 0 Å². The van der Waals surface area contributed by atoms with Crippen LogP contribution in [0.25, 0.3) is 0 Å². The first-order valence-electron chi connectivity index (χ1n) is 8.28. The van der Waals surface area contributed by atoms with Gasteiger partial charge in [0.05, 0.1) is 0 Å². The zero-order valence-corrected chi connectivity index (χ0v) is 12.4. The molecule has 0 radical (unpaired) electrons. The number of hydrogen-bond acceptors (Lipinski definition) is 3. The van der Waals surface area contributed by atoms with E-state index in [2.05, 4.69) is 22.5 Å². The molecule has 2 aliphatic carbocycles. The molecule has 0 spiro atoms. The van der Waals surface area contributed by atoms with Crippen LogP contribution >= 0.6 is 0 Å². The maximum Gasteiger partial charge on any atom is 0.0482 e. The van der Waals surface area contributed by atoms with Crippen molar-refractivity contribution in [2.24, 2.45) is 11.8 Å². The van der Waals surface area contributed by atoms with Gasteiger partial charge in [-0.05, 0) is 43.2 Å². The fourth-order valence-corrected chi connectivity index (χ4v) is 4.17. The van der Waals surface area contributed by atoms with Crippen LogP contribution in [-0.4, -0.2) is 11.0 Å². The number of aromatic nitrogens is 1. The molecule has 0 aromatic carbocycles. The highest BCUT2D eigenvalue weighted by molar-refractivity contribution is 5.27. The summed E-state index contributed by atoms with van der Waals surface area (Å²) in [7, 11) is 0. The van der Waals surface area contributed by atoms with Crippen molar-refractivity contribution >= 4 is 0 Å². The Labute approximate surface area is 122 Å². The van der Waals surface area contributed by atoms with Crippen LogP contribution in [0.1, 0.15) is 68.5 Å². The molecule has 1 heterocycles. The Balaban J connectivity index is 1.72. The van der Waals surface area contributed by atoms with E-state index >= 15 is 0 Å². The molecule has 1 fully saturated rings. The van der Waals surface area contributed by atoms with Crippen molar-refractivity contribution in [3.05, 3.63) is 29.6 Å². The third-order valence-corrected chi connectivity index (χ3v) is 5.25. The second-order valence-electron chi connectivity index (χ2n) is 6.56. The number of aryl methyl sites for hydroxylation is 1. The van der Waals surface area contributed by atoms with E-state index in [-0.39, 0.29) is 0 Å². The molecular formula is C17H27N3. The number of hydrazine groups is 1. The summed E-state index contributed by atoms with van der Waals surface area (Å²) in [5.41, 5.74) is 5.86. The minimum atomic E-state index is 0.395. The Hall–Kier alpha value is -0.930. The zero-order valence-electron chi connectivity index (χ0n) is 12.4. The van der Waals surface area contributed by atoms with Crippen molar-refractivity contribution in [1.82, 2.24) is 10.4 Å². The molecule has 1 aromatic heterocycles. The molecule has 2 unspecified atom stereocenters. The first-order chi connectivity index (χ1) is 9.88. The van der Waals surface area contributed by atoms with E-state index in [4.69, 9.17) is 5.84 Å². The first kappa shape index (κ1) is 14.0. The van der Waals surface area contributed by atoms with Gasteiger partial charge in [0, 0.05) is 23.9 Å². The van der Waals surface area contributed by atoms with Crippen LogP contribution in [0.2, 0.25) is 0 Å². The van der Waals surface area contributed by atoms with E-state index in [1.54, 1.807) is 0 Å². The molecule has 0 aliphatic heterocycles. The molecular weight excluding hydrogens is 246 g/mol. The summed E-state index contributed by atoms with van der Waals surface area (Å²) in [6, 6.07) is 4.70. The van der Waals surface area contributed by atoms with Gasteiger partial charge in [-0.2, -0.15) is 0 Å². The number of nitrogens with one attached hydrogen (secondary N) is 1. The minimum absolute atomic E-state index is 0.395. The number of hydrogen-bond donors (Lipinski definition) is 2. The topological polar surface area (TPSA) is 50.9 Å². The maximum atomic E-state index is 5.90. The molecule has 2 aliphatic rings. The Kier molecular flexibility index (Phi) is 4.69. The molecule has 1 saturated carbocycles. The SMILES string of the molecule is NNC(CC1CCCCC1)C1CCCc2cccnc21. The number of pyridine rings is 1. The normalized spacial score (nSPS) is 25.1. The summed E-state index contributed by atoms with van der Waals surface area (Å²) in [6.07, 6.45) is 13.8. The predicted molar refractivity (Wildman–Crippen MR) is 82.2 cm³/mol. The third kappa shape index (κ3) is 3.04. The summed E-state index contributed by atoms with van der Waals surface area (Å²) >= 11 is 0. The van der Waals surface area contributed by atoms with Crippen LogP contribution in [-0.2, 0) is 6.42 Å². The molecule has 110 valence electrons. The minimum Gasteiger partial charge on any atom is -0.271 e. The van der Waals surface area contributed by atoms with Gasteiger partial charge in [-0.15, -0.1) is 0 Å². The lowest BCUT2D eigenvalue weighted by molar-refractivity contribution is 0.267. The Morgan fingerprint density at radius 2 is 2.05 bits per heavy atom. The average molecular weight is 273 g/mol. The summed E-state index contributed by atoms with van der Waals surface area (Å²) in [4.78, 5) is 4.67. The van der Waals surface area contributed by atoms with Gasteiger partial charge in [0.15, 0.2) is 0 Å². The van der Waals surface area contributed by atoms with E-state index in [1.165, 1.54) is 69.0 Å². The van der Waals surface area contributed by atoms with Crippen LogP contribution in [0.4, 0.5) is 0 Å². The highest BCUT2D eigenvalue weighted by Gasteiger charge is 2.30. The van der Waals surface area contributed by atoms with Crippen molar-refractivity contribution in [3.8, 4) is 0 Å². The molecule has 3 heteroatoms. The molecule has 0 saturated heterocycles. The smallest absolute Gasteiger partial charge is 0.0482 e. The lowest BCUT2D eigenvalue weighted by Gasteiger charge is -2.34. The van der Waals surface area contributed by atoms with Gasteiger partial charge in [-0.3, -0.25) is 16.3 Å². The monoisotopic (exact) mass is 273 g/mol. The van der Waals surface area contributed by atoms with Crippen LogP contribution in [0.15, 0.2) is 18.3 Å². The number of rotatable bonds is 4. The van der Waals surface area contributed by atoms with Crippen molar-refractivity contribution in [2.75, 3.05) is 0 Å². The molecule has 1 aromatic rings. The summed E-state index contributed by atoms with van der Waals surface area (Å²) in [5, 5.41) is 0. The van der Waals surface area contributed by atoms with Crippen molar-refractivity contribution in [2.45, 2.75) is 69.7 Å². The van der Waals surface area contributed by atoms with E-state index < -0.39 is 0 Å². The van der Waals surface area contributed by atoms with Gasteiger partial charge in [0.1, 0.15) is 0 Å². The van der Waals surface area contributed by atoms with Crippen LogP contribution in [0.5, 0.6) is 0 Å². The Morgan fingerprint density at radius 1 is 1.20 bits per heavy atom. The second kappa shape index (κ2) is 6.68. The maximum absolute atomic E-state index is 5.90. The highest BCUT2D eigenvalue weighted by Crippen LogP contribution is 2.36. The van der Waals surface area contributed by atoms with Crippen molar-refractivity contribution in [3.63, 3.8) is 0 Å². The number of nitrogens with zero attached hydrogens (tertiary/aromatic N) is 1. The number of nitrogens with two attached hydrogens (primary N) is 1. The predicted octanol–water partition coefficient (Wildman–Crippen LogP) is 3.30. The molecule has 0 amide bonds. The van der Waals surface area contributed by atoms with E-state index in [9.17, 15) is 0 Å². The summed E-state index contributed by atoms with van der Waals surface area (Å²) < 4.78 is 0. The molecule has 0 bridgehead atoms. The largest absolute Gasteiger partial charge is 0.271 e. The second-order valence-corrected chi connectivity index (χ2v) is 6.56. The number of fused-ring (bicyclic) bond motifs is 1. The van der Waals surface area contributed by atoms with E-state index in [1.807, 2.05) is 6.20 Å². The fourth-order valence-electron chi connectivity index (χ4n) is 4.17. The van der Waals surface area contributed by atoms with Crippen molar-refractivity contribution in [1.29, 1.82) is 0 Å². The average Bonchev–Trinajstić information content (AvgIpc) is 2.53. The van der Waals surface area contributed by atoms with Gasteiger partial charge >= 0.3 is 0 Å².